The first-order valence-corrected chi connectivity index (χ1v) is 6.60. The Hall–Kier alpha value is -1.62. The quantitative estimate of drug-likeness (QED) is 0.705. The zero-order valence-electron chi connectivity index (χ0n) is 11.9. The zero-order chi connectivity index (χ0) is 14.1. The summed E-state index contributed by atoms with van der Waals surface area (Å²) in [5.74, 6) is 1.22. The molecule has 2 N–H and O–H groups in total. The molecule has 5 nitrogen and oxygen atoms in total. The minimum atomic E-state index is -0.0576. The topological polar surface area (TPSA) is 63.2 Å². The molecule has 5 heteroatoms. The Kier molecular flexibility index (Phi) is 6.89. The van der Waals surface area contributed by atoms with Crippen molar-refractivity contribution in [2.45, 2.75) is 20.3 Å². The summed E-state index contributed by atoms with van der Waals surface area (Å²) in [6, 6.07) is 3.46. The van der Waals surface area contributed by atoms with E-state index in [9.17, 15) is 4.79 Å². The average Bonchev–Trinajstić information content (AvgIpc) is 2.39. The molecular weight excluding hydrogens is 242 g/mol. The van der Waals surface area contributed by atoms with Gasteiger partial charge in [-0.1, -0.05) is 13.8 Å². The van der Waals surface area contributed by atoms with Crippen LogP contribution in [0.1, 0.15) is 30.6 Å². The number of anilines is 1. The van der Waals surface area contributed by atoms with Crippen LogP contribution in [0.3, 0.4) is 0 Å². The van der Waals surface area contributed by atoms with Gasteiger partial charge in [0, 0.05) is 32.0 Å². The van der Waals surface area contributed by atoms with Crippen molar-refractivity contribution >= 4 is 11.7 Å². The van der Waals surface area contributed by atoms with Crippen LogP contribution >= 0.6 is 0 Å². The Morgan fingerprint density at radius 2 is 2.21 bits per heavy atom. The third-order valence-electron chi connectivity index (χ3n) is 2.64. The fraction of sp³-hybridized carbons (Fsp3) is 0.571. The average molecular weight is 265 g/mol. The van der Waals surface area contributed by atoms with Crippen LogP contribution in [0.25, 0.3) is 0 Å². The van der Waals surface area contributed by atoms with Crippen molar-refractivity contribution in [3.63, 3.8) is 0 Å². The van der Waals surface area contributed by atoms with Gasteiger partial charge in [0.2, 0.25) is 0 Å². The normalized spacial score (nSPS) is 10.5. The summed E-state index contributed by atoms with van der Waals surface area (Å²) < 4.78 is 4.95. The van der Waals surface area contributed by atoms with Gasteiger partial charge in [0.25, 0.3) is 5.91 Å². The van der Waals surface area contributed by atoms with E-state index >= 15 is 0 Å². The number of nitrogens with zero attached hydrogens (tertiary/aromatic N) is 1. The van der Waals surface area contributed by atoms with Gasteiger partial charge in [0.1, 0.15) is 5.82 Å². The molecule has 1 aromatic rings. The SMILES string of the molecule is COCCNc1cc(C(=O)NCCC(C)C)ccn1. The molecule has 106 valence electrons. The van der Waals surface area contributed by atoms with Crippen LogP contribution in [-0.4, -0.2) is 37.7 Å². The number of aromatic nitrogens is 1. The van der Waals surface area contributed by atoms with Gasteiger partial charge in [-0.3, -0.25) is 4.79 Å². The Balaban J connectivity index is 2.48. The van der Waals surface area contributed by atoms with E-state index in [1.54, 1.807) is 25.4 Å². The predicted octanol–water partition coefficient (Wildman–Crippen LogP) is 1.92. The zero-order valence-corrected chi connectivity index (χ0v) is 11.9. The number of nitrogens with one attached hydrogen (secondary N) is 2. The molecule has 1 rings (SSSR count). The largest absolute Gasteiger partial charge is 0.383 e. The van der Waals surface area contributed by atoms with E-state index in [-0.39, 0.29) is 5.91 Å². The van der Waals surface area contributed by atoms with Crippen LogP contribution < -0.4 is 10.6 Å². The first kappa shape index (κ1) is 15.4. The number of amides is 1. The highest BCUT2D eigenvalue weighted by Gasteiger charge is 2.06. The van der Waals surface area contributed by atoms with Crippen molar-refractivity contribution < 1.29 is 9.53 Å². The van der Waals surface area contributed by atoms with Gasteiger partial charge in [-0.2, -0.15) is 0 Å². The molecule has 0 radical (unpaired) electrons. The second kappa shape index (κ2) is 8.48. The molecule has 0 aliphatic carbocycles. The summed E-state index contributed by atoms with van der Waals surface area (Å²) in [5, 5.41) is 6.00. The van der Waals surface area contributed by atoms with Gasteiger partial charge in [-0.25, -0.2) is 4.98 Å². The summed E-state index contributed by atoms with van der Waals surface area (Å²) in [7, 11) is 1.65. The molecule has 0 unspecified atom stereocenters. The molecule has 19 heavy (non-hydrogen) atoms. The molecular formula is C14H23N3O2. The second-order valence-electron chi connectivity index (χ2n) is 4.79. The lowest BCUT2D eigenvalue weighted by Gasteiger charge is -2.09. The Labute approximate surface area is 114 Å². The van der Waals surface area contributed by atoms with Gasteiger partial charge in [-0.15, -0.1) is 0 Å². The molecule has 0 bridgehead atoms. The van der Waals surface area contributed by atoms with E-state index in [1.807, 2.05) is 0 Å². The lowest BCUT2D eigenvalue weighted by atomic mass is 10.1. The summed E-state index contributed by atoms with van der Waals surface area (Å²) in [4.78, 5) is 16.1. The number of rotatable bonds is 8. The number of ether oxygens (including phenoxy) is 1. The number of hydrogen-bond donors (Lipinski definition) is 2. The maximum atomic E-state index is 11.9. The first-order chi connectivity index (χ1) is 9.13. The fourth-order valence-corrected chi connectivity index (χ4v) is 1.53. The Morgan fingerprint density at radius 3 is 2.89 bits per heavy atom. The summed E-state index contributed by atoms with van der Waals surface area (Å²) in [6.07, 6.45) is 2.61. The smallest absolute Gasteiger partial charge is 0.251 e. The van der Waals surface area contributed by atoms with Crippen molar-refractivity contribution in [3.8, 4) is 0 Å². The number of methoxy groups -OCH3 is 1. The highest BCUT2D eigenvalue weighted by Crippen LogP contribution is 2.06. The van der Waals surface area contributed by atoms with Gasteiger partial charge < -0.3 is 15.4 Å². The Bertz CT molecular complexity index is 394. The van der Waals surface area contributed by atoms with Gasteiger partial charge in [0.15, 0.2) is 0 Å². The van der Waals surface area contributed by atoms with Crippen molar-refractivity contribution in [3.05, 3.63) is 23.9 Å². The molecule has 0 atom stereocenters. The van der Waals surface area contributed by atoms with Crippen LogP contribution in [0.5, 0.6) is 0 Å². The Morgan fingerprint density at radius 1 is 1.42 bits per heavy atom. The lowest BCUT2D eigenvalue weighted by Crippen LogP contribution is -2.25. The van der Waals surface area contributed by atoms with E-state index in [1.165, 1.54) is 0 Å². The highest BCUT2D eigenvalue weighted by molar-refractivity contribution is 5.94. The third kappa shape index (κ3) is 6.20. The maximum absolute atomic E-state index is 11.9. The van der Waals surface area contributed by atoms with Gasteiger partial charge in [-0.05, 0) is 24.5 Å². The molecule has 0 saturated carbocycles. The number of carbonyl (C=O) groups is 1. The molecule has 0 spiro atoms. The van der Waals surface area contributed by atoms with Crippen LogP contribution in [0.2, 0.25) is 0 Å². The molecule has 0 fully saturated rings. The van der Waals surface area contributed by atoms with Crippen LogP contribution in [0, 0.1) is 5.92 Å². The highest BCUT2D eigenvalue weighted by atomic mass is 16.5. The minimum Gasteiger partial charge on any atom is -0.383 e. The monoisotopic (exact) mass is 265 g/mol. The molecule has 1 aromatic heterocycles. The van der Waals surface area contributed by atoms with Crippen molar-refractivity contribution in [1.82, 2.24) is 10.3 Å². The first-order valence-electron chi connectivity index (χ1n) is 6.60. The molecule has 0 saturated heterocycles. The number of hydrogen-bond acceptors (Lipinski definition) is 4. The molecule has 1 heterocycles. The maximum Gasteiger partial charge on any atom is 0.251 e. The van der Waals surface area contributed by atoms with Crippen LogP contribution in [0.4, 0.5) is 5.82 Å². The van der Waals surface area contributed by atoms with E-state index in [0.29, 0.717) is 37.0 Å². The van der Waals surface area contributed by atoms with E-state index in [0.717, 1.165) is 6.42 Å². The third-order valence-corrected chi connectivity index (χ3v) is 2.64. The predicted molar refractivity (Wildman–Crippen MR) is 76.4 cm³/mol. The summed E-state index contributed by atoms with van der Waals surface area (Å²) >= 11 is 0. The fourth-order valence-electron chi connectivity index (χ4n) is 1.53. The van der Waals surface area contributed by atoms with Gasteiger partial charge >= 0.3 is 0 Å². The van der Waals surface area contributed by atoms with E-state index in [2.05, 4.69) is 29.5 Å². The second-order valence-corrected chi connectivity index (χ2v) is 4.79. The van der Waals surface area contributed by atoms with Crippen LogP contribution in [0.15, 0.2) is 18.3 Å². The number of pyridine rings is 1. The van der Waals surface area contributed by atoms with E-state index < -0.39 is 0 Å². The molecule has 0 aliphatic rings. The van der Waals surface area contributed by atoms with Crippen LogP contribution in [-0.2, 0) is 4.74 Å². The van der Waals surface area contributed by atoms with Crippen molar-refractivity contribution in [2.24, 2.45) is 5.92 Å². The minimum absolute atomic E-state index is 0.0576. The van der Waals surface area contributed by atoms with Crippen molar-refractivity contribution in [2.75, 3.05) is 32.1 Å². The lowest BCUT2D eigenvalue weighted by molar-refractivity contribution is 0.0952. The molecule has 0 aliphatic heterocycles. The molecule has 1 amide bonds. The summed E-state index contributed by atoms with van der Waals surface area (Å²) in [6.45, 7) is 6.24. The standard InChI is InChI=1S/C14H23N3O2/c1-11(2)4-6-17-14(18)12-5-7-15-13(10-12)16-8-9-19-3/h5,7,10-11H,4,6,8-9H2,1-3H3,(H,15,16)(H,17,18). The van der Waals surface area contributed by atoms with E-state index in [4.69, 9.17) is 4.74 Å². The summed E-state index contributed by atoms with van der Waals surface area (Å²) in [5.41, 5.74) is 0.624. The number of carbonyl (C=O) groups excluding carboxylic acids is 1. The van der Waals surface area contributed by atoms with Gasteiger partial charge in [0.05, 0.1) is 6.61 Å². The molecule has 0 aromatic carbocycles. The van der Waals surface area contributed by atoms with Crippen molar-refractivity contribution in [1.29, 1.82) is 0 Å².